The van der Waals surface area contributed by atoms with Gasteiger partial charge >= 0.3 is 12.1 Å². The Labute approximate surface area is 179 Å². The van der Waals surface area contributed by atoms with Crippen molar-refractivity contribution < 1.29 is 36.6 Å². The molecule has 1 unspecified atom stereocenters. The van der Waals surface area contributed by atoms with Gasteiger partial charge in [-0.1, -0.05) is 0 Å². The zero-order valence-corrected chi connectivity index (χ0v) is 16.9. The summed E-state index contributed by atoms with van der Waals surface area (Å²) in [6.45, 7) is -0.359. The summed E-state index contributed by atoms with van der Waals surface area (Å²) in [4.78, 5) is 29.3. The number of thioether (sulfide) groups is 1. The van der Waals surface area contributed by atoms with Crippen LogP contribution in [0.2, 0.25) is 0 Å². The molecule has 1 aliphatic rings. The fourth-order valence-electron chi connectivity index (χ4n) is 3.14. The lowest BCUT2D eigenvalue weighted by atomic mass is 10.1. The van der Waals surface area contributed by atoms with Crippen molar-refractivity contribution in [3.05, 3.63) is 52.5 Å². The van der Waals surface area contributed by atoms with Gasteiger partial charge in [0.25, 0.3) is 0 Å². The highest BCUT2D eigenvalue weighted by molar-refractivity contribution is 8.01. The number of halogens is 5. The molecule has 0 aliphatic carbocycles. The second kappa shape index (κ2) is 7.75. The minimum Gasteiger partial charge on any atom is -0.481 e. The lowest BCUT2D eigenvalue weighted by Crippen LogP contribution is -2.41. The molecular formula is C19H11F5N2O3S2. The van der Waals surface area contributed by atoms with Crippen molar-refractivity contribution >= 4 is 50.9 Å². The second-order valence-corrected chi connectivity index (χ2v) is 8.95. The van der Waals surface area contributed by atoms with Crippen LogP contribution < -0.4 is 4.90 Å². The van der Waals surface area contributed by atoms with Gasteiger partial charge in [-0.2, -0.15) is 13.2 Å². The highest BCUT2D eigenvalue weighted by Gasteiger charge is 2.38. The van der Waals surface area contributed by atoms with Crippen molar-refractivity contribution in [1.29, 1.82) is 0 Å². The molecule has 2 heterocycles. The molecule has 162 valence electrons. The summed E-state index contributed by atoms with van der Waals surface area (Å²) in [7, 11) is 0. The SMILES string of the molecule is O=C(O)CC1Sc2ccc(C(F)(F)F)cc2N(Cc2nc3c(F)ccc(F)c3s2)C1=O. The molecule has 31 heavy (non-hydrogen) atoms. The van der Waals surface area contributed by atoms with E-state index >= 15 is 0 Å². The average Bonchev–Trinajstić information content (AvgIpc) is 3.12. The van der Waals surface area contributed by atoms with Gasteiger partial charge in [-0.05, 0) is 30.3 Å². The van der Waals surface area contributed by atoms with Crippen molar-refractivity contribution in [3.63, 3.8) is 0 Å². The number of carbonyl (C=O) groups excluding carboxylic acids is 1. The molecule has 2 aromatic carbocycles. The summed E-state index contributed by atoms with van der Waals surface area (Å²) < 4.78 is 67.5. The van der Waals surface area contributed by atoms with E-state index in [1.54, 1.807) is 0 Å². The lowest BCUT2D eigenvalue weighted by Gasteiger charge is -2.33. The molecule has 0 fully saturated rings. The van der Waals surface area contributed by atoms with Crippen LogP contribution in [0, 0.1) is 11.6 Å². The number of hydrogen-bond acceptors (Lipinski definition) is 5. The van der Waals surface area contributed by atoms with Gasteiger partial charge in [0.2, 0.25) is 5.91 Å². The van der Waals surface area contributed by atoms with Gasteiger partial charge < -0.3 is 10.0 Å². The van der Waals surface area contributed by atoms with Gasteiger partial charge in [0.05, 0.1) is 34.2 Å². The number of carboxylic acids is 1. The van der Waals surface area contributed by atoms with E-state index in [1.807, 2.05) is 0 Å². The maximum atomic E-state index is 14.0. The molecule has 1 aromatic heterocycles. The van der Waals surface area contributed by atoms with Crippen LogP contribution in [0.15, 0.2) is 35.2 Å². The van der Waals surface area contributed by atoms with Crippen LogP contribution in [0.3, 0.4) is 0 Å². The Morgan fingerprint density at radius 3 is 2.52 bits per heavy atom. The van der Waals surface area contributed by atoms with E-state index < -0.39 is 46.9 Å². The summed E-state index contributed by atoms with van der Waals surface area (Å²) in [6, 6.07) is 4.65. The molecule has 12 heteroatoms. The highest BCUT2D eigenvalue weighted by Crippen LogP contribution is 2.44. The first kappa shape index (κ1) is 21.5. The van der Waals surface area contributed by atoms with Crippen LogP contribution in [0.1, 0.15) is 17.0 Å². The monoisotopic (exact) mass is 474 g/mol. The number of carbonyl (C=O) groups is 2. The first-order valence-corrected chi connectivity index (χ1v) is 10.4. The Morgan fingerprint density at radius 2 is 1.87 bits per heavy atom. The molecule has 1 N–H and O–H groups in total. The van der Waals surface area contributed by atoms with Crippen LogP contribution in [0.25, 0.3) is 10.2 Å². The van der Waals surface area contributed by atoms with Crippen LogP contribution in [-0.4, -0.2) is 27.2 Å². The average molecular weight is 474 g/mol. The molecule has 3 aromatic rings. The Morgan fingerprint density at radius 1 is 1.16 bits per heavy atom. The number of benzene rings is 2. The van der Waals surface area contributed by atoms with Crippen LogP contribution in [0.4, 0.5) is 27.6 Å². The summed E-state index contributed by atoms with van der Waals surface area (Å²) in [5.74, 6) is -3.46. The molecule has 0 spiro atoms. The van der Waals surface area contributed by atoms with Gasteiger partial charge in [-0.25, -0.2) is 13.8 Å². The Bertz CT molecular complexity index is 1170. The second-order valence-electron chi connectivity index (χ2n) is 6.62. The number of thiazole rings is 1. The van der Waals surface area contributed by atoms with E-state index in [4.69, 9.17) is 5.11 Å². The topological polar surface area (TPSA) is 70.5 Å². The van der Waals surface area contributed by atoms with Gasteiger partial charge in [0, 0.05) is 4.90 Å². The molecule has 4 rings (SSSR count). The minimum atomic E-state index is -4.66. The van der Waals surface area contributed by atoms with Gasteiger partial charge in [0.1, 0.15) is 16.3 Å². The summed E-state index contributed by atoms with van der Waals surface area (Å²) in [5, 5.41) is 8.12. The normalized spacial score (nSPS) is 16.6. The number of nitrogens with zero attached hydrogens (tertiary/aromatic N) is 2. The number of amides is 1. The summed E-state index contributed by atoms with van der Waals surface area (Å²) in [5.41, 5.74) is -1.29. The fraction of sp³-hybridized carbons (Fsp3) is 0.211. The lowest BCUT2D eigenvalue weighted by molar-refractivity contribution is -0.138. The van der Waals surface area contributed by atoms with Crippen molar-refractivity contribution in [2.75, 3.05) is 4.90 Å². The summed E-state index contributed by atoms with van der Waals surface area (Å²) in [6.07, 6.45) is -5.20. The number of aliphatic carboxylic acids is 1. The highest BCUT2D eigenvalue weighted by atomic mass is 32.2. The largest absolute Gasteiger partial charge is 0.481 e. The quantitative estimate of drug-likeness (QED) is 0.535. The number of aromatic nitrogens is 1. The molecule has 0 radical (unpaired) electrons. The van der Waals surface area contributed by atoms with E-state index in [0.717, 1.165) is 52.3 Å². The fourth-order valence-corrected chi connectivity index (χ4v) is 5.31. The summed E-state index contributed by atoms with van der Waals surface area (Å²) >= 11 is 1.63. The number of hydrogen-bond donors (Lipinski definition) is 1. The van der Waals surface area contributed by atoms with E-state index in [1.165, 1.54) is 6.07 Å². The van der Waals surface area contributed by atoms with E-state index in [-0.39, 0.29) is 32.4 Å². The van der Waals surface area contributed by atoms with Gasteiger partial charge in [-0.15, -0.1) is 23.1 Å². The first-order valence-electron chi connectivity index (χ1n) is 8.69. The van der Waals surface area contributed by atoms with Crippen molar-refractivity contribution in [2.24, 2.45) is 0 Å². The van der Waals surface area contributed by atoms with Crippen molar-refractivity contribution in [3.8, 4) is 0 Å². The molecule has 5 nitrogen and oxygen atoms in total. The molecule has 0 saturated heterocycles. The predicted octanol–water partition coefficient (Wildman–Crippen LogP) is 5.08. The van der Waals surface area contributed by atoms with Gasteiger partial charge in [-0.3, -0.25) is 9.59 Å². The Kier molecular flexibility index (Phi) is 5.38. The zero-order chi connectivity index (χ0) is 22.5. The number of carboxylic acid groups (broad SMARTS) is 1. The van der Waals surface area contributed by atoms with Crippen LogP contribution in [0.5, 0.6) is 0 Å². The van der Waals surface area contributed by atoms with Gasteiger partial charge in [0.15, 0.2) is 5.82 Å². The van der Waals surface area contributed by atoms with E-state index in [0.29, 0.717) is 0 Å². The predicted molar refractivity (Wildman–Crippen MR) is 104 cm³/mol. The number of alkyl halides is 3. The van der Waals surface area contributed by atoms with Crippen LogP contribution >= 0.6 is 23.1 Å². The third-order valence-corrected chi connectivity index (χ3v) is 6.83. The molecule has 0 saturated carbocycles. The first-order chi connectivity index (χ1) is 14.5. The minimum absolute atomic E-state index is 0.0633. The molecular weight excluding hydrogens is 463 g/mol. The standard InChI is InChI=1S/C19H11F5N2O3S2/c20-9-2-3-10(21)17-16(9)25-14(31-17)7-26-11-5-8(19(22,23)24)1-4-12(11)30-13(18(26)29)6-15(27)28/h1-5,13H,6-7H2,(H,27,28). The number of anilines is 1. The molecule has 1 aliphatic heterocycles. The third kappa shape index (κ3) is 4.09. The van der Waals surface area contributed by atoms with Crippen molar-refractivity contribution in [2.45, 2.75) is 29.3 Å². The molecule has 1 atom stereocenters. The zero-order valence-electron chi connectivity index (χ0n) is 15.2. The smallest absolute Gasteiger partial charge is 0.416 e. The number of fused-ring (bicyclic) bond motifs is 2. The molecule has 1 amide bonds. The molecule has 0 bridgehead atoms. The third-order valence-electron chi connectivity index (χ3n) is 4.53. The van der Waals surface area contributed by atoms with Crippen molar-refractivity contribution in [1.82, 2.24) is 4.98 Å². The van der Waals surface area contributed by atoms with E-state index in [2.05, 4.69) is 4.98 Å². The van der Waals surface area contributed by atoms with Crippen LogP contribution in [-0.2, 0) is 22.3 Å². The van der Waals surface area contributed by atoms with E-state index in [9.17, 15) is 31.5 Å². The Balaban J connectivity index is 1.79. The maximum Gasteiger partial charge on any atom is 0.416 e. The maximum absolute atomic E-state index is 14.0. The number of rotatable bonds is 4. The Hall–Kier alpha value is -2.73.